The van der Waals surface area contributed by atoms with Gasteiger partial charge in [0.25, 0.3) is 0 Å². The number of anilines is 1. The second kappa shape index (κ2) is 8.24. The predicted octanol–water partition coefficient (Wildman–Crippen LogP) is 5.17. The van der Waals surface area contributed by atoms with Crippen molar-refractivity contribution in [3.05, 3.63) is 51.4 Å². The molecule has 0 saturated carbocycles. The van der Waals surface area contributed by atoms with Gasteiger partial charge in [-0.05, 0) is 52.7 Å². The molecule has 9 heteroatoms. The predicted molar refractivity (Wildman–Crippen MR) is 113 cm³/mol. The van der Waals surface area contributed by atoms with E-state index >= 15 is 0 Å². The van der Waals surface area contributed by atoms with Crippen LogP contribution in [0.15, 0.2) is 51.4 Å². The quantitative estimate of drug-likeness (QED) is 0.557. The number of benzene rings is 1. The van der Waals surface area contributed by atoms with Crippen LogP contribution in [0, 0.1) is 0 Å². The standard InChI is InChI=1S/C18H15BrClN5OS/c19-11-8-14(16(23-9-11)26-13-4-2-12(20)3-5-13)15-10-27-18(24-15)25-17-21-6-1-7-22-17/h2-5,8-10H,1,6-7H2,(H2,21,22,24,25). The zero-order chi connectivity index (χ0) is 18.6. The number of hydrogen-bond donors (Lipinski definition) is 2. The summed E-state index contributed by atoms with van der Waals surface area (Å²) >= 11 is 10.9. The van der Waals surface area contributed by atoms with E-state index in [4.69, 9.17) is 16.3 Å². The zero-order valence-electron chi connectivity index (χ0n) is 14.1. The van der Waals surface area contributed by atoms with Crippen LogP contribution < -0.4 is 15.4 Å². The number of halogens is 2. The van der Waals surface area contributed by atoms with Gasteiger partial charge in [0.2, 0.25) is 5.88 Å². The number of nitrogens with zero attached hydrogens (tertiary/aromatic N) is 3. The first-order chi connectivity index (χ1) is 13.2. The minimum atomic E-state index is 0.477. The number of aliphatic imine (C=N–C) groups is 1. The van der Waals surface area contributed by atoms with Gasteiger partial charge in [-0.2, -0.15) is 0 Å². The van der Waals surface area contributed by atoms with E-state index < -0.39 is 0 Å². The smallest absolute Gasteiger partial charge is 0.228 e. The number of nitrogens with one attached hydrogen (secondary N) is 2. The van der Waals surface area contributed by atoms with Crippen molar-refractivity contribution in [2.45, 2.75) is 6.42 Å². The summed E-state index contributed by atoms with van der Waals surface area (Å²) in [4.78, 5) is 13.5. The van der Waals surface area contributed by atoms with Crippen molar-refractivity contribution in [2.75, 3.05) is 18.4 Å². The summed E-state index contributed by atoms with van der Waals surface area (Å²) in [6.45, 7) is 1.74. The van der Waals surface area contributed by atoms with Gasteiger partial charge in [0.15, 0.2) is 11.1 Å². The lowest BCUT2D eigenvalue weighted by Crippen LogP contribution is -2.35. The van der Waals surface area contributed by atoms with E-state index in [0.717, 1.165) is 46.3 Å². The molecule has 2 N–H and O–H groups in total. The van der Waals surface area contributed by atoms with Crippen LogP contribution in [0.25, 0.3) is 11.3 Å². The van der Waals surface area contributed by atoms with E-state index in [1.165, 1.54) is 11.3 Å². The van der Waals surface area contributed by atoms with Crippen LogP contribution in [0.1, 0.15) is 6.42 Å². The molecule has 3 aromatic rings. The highest BCUT2D eigenvalue weighted by Crippen LogP contribution is 2.35. The van der Waals surface area contributed by atoms with Gasteiger partial charge in [0.1, 0.15) is 5.75 Å². The second-order valence-corrected chi connectivity index (χ2v) is 7.95. The molecule has 0 spiro atoms. The molecule has 2 aromatic heterocycles. The number of aromatic nitrogens is 2. The molecule has 0 bridgehead atoms. The molecule has 0 radical (unpaired) electrons. The van der Waals surface area contributed by atoms with Crippen molar-refractivity contribution in [1.82, 2.24) is 15.3 Å². The maximum Gasteiger partial charge on any atom is 0.228 e. The number of rotatable bonds is 4. The average molecular weight is 465 g/mol. The Morgan fingerprint density at radius 2 is 2.11 bits per heavy atom. The second-order valence-electron chi connectivity index (χ2n) is 5.74. The first kappa shape index (κ1) is 18.2. The van der Waals surface area contributed by atoms with Gasteiger partial charge in [-0.25, -0.2) is 9.97 Å². The normalized spacial score (nSPS) is 13.6. The summed E-state index contributed by atoms with van der Waals surface area (Å²) in [5, 5.41) is 9.82. The molecule has 0 unspecified atom stereocenters. The van der Waals surface area contributed by atoms with Crippen LogP contribution in [-0.4, -0.2) is 29.0 Å². The van der Waals surface area contributed by atoms with Crippen LogP contribution in [0.4, 0.5) is 5.13 Å². The maximum absolute atomic E-state index is 5.95. The Labute approximate surface area is 173 Å². The van der Waals surface area contributed by atoms with Crippen molar-refractivity contribution in [1.29, 1.82) is 0 Å². The molecule has 1 aliphatic heterocycles. The van der Waals surface area contributed by atoms with Gasteiger partial charge >= 0.3 is 0 Å². The van der Waals surface area contributed by atoms with Crippen molar-refractivity contribution < 1.29 is 4.74 Å². The third-order valence-corrected chi connectivity index (χ3v) is 5.19. The van der Waals surface area contributed by atoms with E-state index in [0.29, 0.717) is 16.7 Å². The fourth-order valence-corrected chi connectivity index (χ4v) is 3.65. The van der Waals surface area contributed by atoms with Gasteiger partial charge < -0.3 is 15.4 Å². The van der Waals surface area contributed by atoms with Crippen LogP contribution in [0.3, 0.4) is 0 Å². The molecule has 0 fully saturated rings. The van der Waals surface area contributed by atoms with E-state index in [1.54, 1.807) is 30.5 Å². The number of hydrogen-bond acceptors (Lipinski definition) is 7. The highest BCUT2D eigenvalue weighted by Gasteiger charge is 2.15. The molecule has 0 aliphatic carbocycles. The minimum Gasteiger partial charge on any atom is -0.438 e. The SMILES string of the molecule is Clc1ccc(Oc2ncc(Br)cc2-c2csc(NC3=NCCCN3)n2)cc1. The van der Waals surface area contributed by atoms with Crippen LogP contribution in [0.5, 0.6) is 11.6 Å². The number of pyridine rings is 1. The van der Waals surface area contributed by atoms with E-state index in [-0.39, 0.29) is 0 Å². The Morgan fingerprint density at radius 3 is 2.89 bits per heavy atom. The van der Waals surface area contributed by atoms with Gasteiger partial charge in [0.05, 0.1) is 11.3 Å². The largest absolute Gasteiger partial charge is 0.438 e. The summed E-state index contributed by atoms with van der Waals surface area (Å²) in [5.74, 6) is 1.89. The third kappa shape index (κ3) is 4.58. The lowest BCUT2D eigenvalue weighted by atomic mass is 10.2. The van der Waals surface area contributed by atoms with E-state index in [1.807, 2.05) is 11.4 Å². The molecule has 138 valence electrons. The Balaban J connectivity index is 1.60. The van der Waals surface area contributed by atoms with Crippen LogP contribution in [-0.2, 0) is 0 Å². The molecule has 3 heterocycles. The Hall–Kier alpha value is -2.16. The molecule has 6 nitrogen and oxygen atoms in total. The molecule has 1 aromatic carbocycles. The molecular formula is C18H15BrClN5OS. The number of ether oxygens (including phenoxy) is 1. The van der Waals surface area contributed by atoms with Crippen molar-refractivity contribution in [2.24, 2.45) is 4.99 Å². The van der Waals surface area contributed by atoms with Crippen LogP contribution >= 0.6 is 38.9 Å². The Bertz CT molecular complexity index is 976. The monoisotopic (exact) mass is 463 g/mol. The summed E-state index contributed by atoms with van der Waals surface area (Å²) in [7, 11) is 0. The van der Waals surface area contributed by atoms with Gasteiger partial charge in [-0.3, -0.25) is 4.99 Å². The zero-order valence-corrected chi connectivity index (χ0v) is 17.2. The maximum atomic E-state index is 5.95. The van der Waals surface area contributed by atoms with Crippen LogP contribution in [0.2, 0.25) is 5.02 Å². The van der Waals surface area contributed by atoms with Gasteiger partial charge in [0, 0.05) is 34.2 Å². The molecule has 1 aliphatic rings. The number of guanidine groups is 1. The molecular weight excluding hydrogens is 450 g/mol. The summed E-state index contributed by atoms with van der Waals surface area (Å²) in [6, 6.07) is 9.09. The Kier molecular flexibility index (Phi) is 5.56. The first-order valence-corrected chi connectivity index (χ1v) is 10.3. The summed E-state index contributed by atoms with van der Waals surface area (Å²) in [5.41, 5.74) is 1.57. The molecule has 4 rings (SSSR count). The first-order valence-electron chi connectivity index (χ1n) is 8.27. The van der Waals surface area contributed by atoms with Crippen molar-refractivity contribution in [3.63, 3.8) is 0 Å². The topological polar surface area (TPSA) is 71.4 Å². The summed E-state index contributed by atoms with van der Waals surface area (Å²) < 4.78 is 6.80. The van der Waals surface area contributed by atoms with Gasteiger partial charge in [-0.1, -0.05) is 11.6 Å². The number of thiazole rings is 1. The minimum absolute atomic E-state index is 0.477. The fraction of sp³-hybridized carbons (Fsp3) is 0.167. The molecule has 27 heavy (non-hydrogen) atoms. The highest BCUT2D eigenvalue weighted by atomic mass is 79.9. The lowest BCUT2D eigenvalue weighted by Gasteiger charge is -2.14. The summed E-state index contributed by atoms with van der Waals surface area (Å²) in [6.07, 6.45) is 2.74. The molecule has 0 saturated heterocycles. The highest BCUT2D eigenvalue weighted by molar-refractivity contribution is 9.10. The molecule has 0 amide bonds. The van der Waals surface area contributed by atoms with E-state index in [9.17, 15) is 0 Å². The third-order valence-electron chi connectivity index (χ3n) is 3.75. The lowest BCUT2D eigenvalue weighted by molar-refractivity contribution is 0.464. The fourth-order valence-electron chi connectivity index (χ4n) is 2.48. The van der Waals surface area contributed by atoms with Gasteiger partial charge in [-0.15, -0.1) is 11.3 Å². The van der Waals surface area contributed by atoms with E-state index in [2.05, 4.69) is 41.5 Å². The van der Waals surface area contributed by atoms with Crippen molar-refractivity contribution in [3.8, 4) is 22.9 Å². The molecule has 0 atom stereocenters. The van der Waals surface area contributed by atoms with Crippen molar-refractivity contribution >= 4 is 50.0 Å². The average Bonchev–Trinajstić information content (AvgIpc) is 3.14. The Morgan fingerprint density at radius 1 is 1.26 bits per heavy atom.